The monoisotopic (exact) mass is 440 g/mol. The van der Waals surface area contributed by atoms with Crippen molar-refractivity contribution in [3.05, 3.63) is 52.5 Å². The fraction of sp³-hybridized carbons (Fsp3) is 0.478. The zero-order valence-electron chi connectivity index (χ0n) is 17.8. The SMILES string of the molecule is CCCC(=O)N1CCC([C@@]2(c3ccccn3)NC(=O)N(CCc3cccs3)C2=O)CC1. The van der Waals surface area contributed by atoms with Crippen molar-refractivity contribution < 1.29 is 14.4 Å². The second kappa shape index (κ2) is 9.18. The van der Waals surface area contributed by atoms with Crippen molar-refractivity contribution in [2.24, 2.45) is 5.92 Å². The maximum absolute atomic E-state index is 13.7. The third kappa shape index (κ3) is 4.08. The highest BCUT2D eigenvalue weighted by Crippen LogP contribution is 2.40. The first-order chi connectivity index (χ1) is 15.1. The Labute approximate surface area is 186 Å². The Kier molecular flexibility index (Phi) is 6.36. The topological polar surface area (TPSA) is 82.6 Å². The summed E-state index contributed by atoms with van der Waals surface area (Å²) in [5.74, 6) is -0.186. The third-order valence-electron chi connectivity index (χ3n) is 6.29. The number of imide groups is 1. The highest BCUT2D eigenvalue weighted by molar-refractivity contribution is 7.09. The zero-order valence-corrected chi connectivity index (χ0v) is 18.6. The number of rotatable bonds is 7. The summed E-state index contributed by atoms with van der Waals surface area (Å²) in [5.41, 5.74) is -0.599. The van der Waals surface area contributed by atoms with E-state index in [-0.39, 0.29) is 23.8 Å². The molecule has 2 aromatic rings. The summed E-state index contributed by atoms with van der Waals surface area (Å²) in [7, 11) is 0. The second-order valence-electron chi connectivity index (χ2n) is 8.14. The molecule has 0 bridgehead atoms. The molecule has 0 aromatic carbocycles. The van der Waals surface area contributed by atoms with Crippen LogP contribution in [0.5, 0.6) is 0 Å². The molecule has 2 saturated heterocycles. The van der Waals surface area contributed by atoms with Gasteiger partial charge >= 0.3 is 6.03 Å². The summed E-state index contributed by atoms with van der Waals surface area (Å²) in [6, 6.07) is 9.08. The van der Waals surface area contributed by atoms with Crippen molar-refractivity contribution in [2.45, 2.75) is 44.6 Å². The summed E-state index contributed by atoms with van der Waals surface area (Å²) in [6.45, 7) is 3.53. The Morgan fingerprint density at radius 1 is 1.23 bits per heavy atom. The van der Waals surface area contributed by atoms with Crippen LogP contribution in [0.25, 0.3) is 0 Å². The van der Waals surface area contributed by atoms with Crippen LogP contribution < -0.4 is 5.32 Å². The summed E-state index contributed by atoms with van der Waals surface area (Å²) in [5, 5.41) is 5.02. The maximum Gasteiger partial charge on any atom is 0.325 e. The fourth-order valence-corrected chi connectivity index (χ4v) is 5.36. The lowest BCUT2D eigenvalue weighted by Crippen LogP contribution is -2.54. The van der Waals surface area contributed by atoms with Gasteiger partial charge in [0.05, 0.1) is 5.69 Å². The van der Waals surface area contributed by atoms with Crippen LogP contribution in [0, 0.1) is 5.92 Å². The Balaban J connectivity index is 1.57. The lowest BCUT2D eigenvalue weighted by molar-refractivity contribution is -0.136. The summed E-state index contributed by atoms with van der Waals surface area (Å²) in [6.07, 6.45) is 4.96. The molecule has 4 heterocycles. The normalized spacial score (nSPS) is 22.1. The van der Waals surface area contributed by atoms with E-state index in [2.05, 4.69) is 10.3 Å². The van der Waals surface area contributed by atoms with Gasteiger partial charge in [-0.15, -0.1) is 11.3 Å². The molecular weight excluding hydrogens is 412 g/mol. The molecule has 4 rings (SSSR count). The standard InChI is InChI=1S/C23H28N4O3S/c1-2-6-20(28)26-13-9-17(10-14-26)23(19-8-3-4-12-24-19)21(29)27(22(30)25-23)15-11-18-7-5-16-31-18/h3-5,7-8,12,16-17H,2,6,9-11,13-15H2,1H3,(H,25,30)/t23-/m0/s1. The molecule has 1 N–H and O–H groups in total. The minimum atomic E-state index is -1.17. The van der Waals surface area contributed by atoms with Crippen LogP contribution in [0.4, 0.5) is 4.79 Å². The number of piperidine rings is 1. The predicted molar refractivity (Wildman–Crippen MR) is 118 cm³/mol. The van der Waals surface area contributed by atoms with Gasteiger partial charge in [0.15, 0.2) is 5.54 Å². The molecule has 7 nitrogen and oxygen atoms in total. The minimum Gasteiger partial charge on any atom is -0.343 e. The van der Waals surface area contributed by atoms with Gasteiger partial charge < -0.3 is 10.2 Å². The Bertz CT molecular complexity index is 926. The number of carbonyl (C=O) groups is 3. The number of aromatic nitrogens is 1. The van der Waals surface area contributed by atoms with Gasteiger partial charge in [0.2, 0.25) is 5.91 Å². The number of likely N-dealkylation sites (tertiary alicyclic amines) is 1. The largest absolute Gasteiger partial charge is 0.343 e. The number of urea groups is 1. The van der Waals surface area contributed by atoms with Gasteiger partial charge in [0.1, 0.15) is 0 Å². The molecule has 2 aliphatic rings. The van der Waals surface area contributed by atoms with Gasteiger partial charge in [-0.05, 0) is 49.3 Å². The fourth-order valence-electron chi connectivity index (χ4n) is 4.66. The molecule has 4 amide bonds. The van der Waals surface area contributed by atoms with Crippen molar-refractivity contribution in [2.75, 3.05) is 19.6 Å². The molecule has 0 aliphatic carbocycles. The van der Waals surface area contributed by atoms with Crippen LogP contribution in [0.2, 0.25) is 0 Å². The highest BCUT2D eigenvalue weighted by atomic mass is 32.1. The number of nitrogens with one attached hydrogen (secondary N) is 1. The maximum atomic E-state index is 13.7. The molecule has 31 heavy (non-hydrogen) atoms. The predicted octanol–water partition coefficient (Wildman–Crippen LogP) is 3.17. The molecule has 2 aromatic heterocycles. The van der Waals surface area contributed by atoms with Gasteiger partial charge in [-0.3, -0.25) is 19.5 Å². The van der Waals surface area contributed by atoms with E-state index in [1.807, 2.05) is 41.5 Å². The number of hydrogen-bond donors (Lipinski definition) is 1. The van der Waals surface area contributed by atoms with Crippen LogP contribution in [0.1, 0.15) is 43.2 Å². The van der Waals surface area contributed by atoms with Crippen LogP contribution in [-0.4, -0.2) is 52.3 Å². The number of hydrogen-bond acceptors (Lipinski definition) is 5. The number of amides is 4. The average molecular weight is 441 g/mol. The van der Waals surface area contributed by atoms with E-state index in [9.17, 15) is 14.4 Å². The van der Waals surface area contributed by atoms with E-state index >= 15 is 0 Å². The van der Waals surface area contributed by atoms with Crippen molar-refractivity contribution in [1.82, 2.24) is 20.1 Å². The summed E-state index contributed by atoms with van der Waals surface area (Å²) in [4.78, 5) is 47.8. The van der Waals surface area contributed by atoms with E-state index in [0.717, 1.165) is 11.3 Å². The number of carbonyl (C=O) groups excluding carboxylic acids is 3. The molecule has 2 fully saturated rings. The van der Waals surface area contributed by atoms with Gasteiger partial charge in [0, 0.05) is 43.0 Å². The van der Waals surface area contributed by atoms with Crippen molar-refractivity contribution in [3.8, 4) is 0 Å². The second-order valence-corrected chi connectivity index (χ2v) is 9.18. The molecule has 0 spiro atoms. The molecule has 0 unspecified atom stereocenters. The van der Waals surface area contributed by atoms with E-state index < -0.39 is 5.54 Å². The van der Waals surface area contributed by atoms with Gasteiger partial charge in [-0.25, -0.2) is 4.79 Å². The number of pyridine rings is 1. The van der Waals surface area contributed by atoms with Crippen LogP contribution in [0.15, 0.2) is 41.9 Å². The quantitative estimate of drug-likeness (QED) is 0.671. The van der Waals surface area contributed by atoms with E-state index in [0.29, 0.717) is 51.0 Å². The molecule has 164 valence electrons. The highest BCUT2D eigenvalue weighted by Gasteiger charge is 2.58. The first kappa shape index (κ1) is 21.5. The molecule has 2 aliphatic heterocycles. The number of thiophene rings is 1. The Morgan fingerprint density at radius 3 is 2.68 bits per heavy atom. The number of nitrogens with zero attached hydrogens (tertiary/aromatic N) is 3. The zero-order chi connectivity index (χ0) is 21.8. The van der Waals surface area contributed by atoms with E-state index in [1.165, 1.54) is 4.90 Å². The Hall–Kier alpha value is -2.74. The lowest BCUT2D eigenvalue weighted by atomic mass is 9.75. The van der Waals surface area contributed by atoms with Gasteiger partial charge in [-0.1, -0.05) is 19.1 Å². The van der Waals surface area contributed by atoms with Crippen molar-refractivity contribution in [3.63, 3.8) is 0 Å². The average Bonchev–Trinajstić information content (AvgIpc) is 3.40. The first-order valence-electron chi connectivity index (χ1n) is 10.9. The van der Waals surface area contributed by atoms with E-state index in [1.54, 1.807) is 23.6 Å². The van der Waals surface area contributed by atoms with Crippen LogP contribution >= 0.6 is 11.3 Å². The smallest absolute Gasteiger partial charge is 0.325 e. The van der Waals surface area contributed by atoms with Crippen molar-refractivity contribution in [1.29, 1.82) is 0 Å². The summed E-state index contributed by atoms with van der Waals surface area (Å²) < 4.78 is 0. The van der Waals surface area contributed by atoms with Crippen molar-refractivity contribution >= 4 is 29.2 Å². The first-order valence-corrected chi connectivity index (χ1v) is 11.8. The minimum absolute atomic E-state index is 0.115. The van der Waals surface area contributed by atoms with E-state index in [4.69, 9.17) is 0 Å². The van der Waals surface area contributed by atoms with Gasteiger partial charge in [-0.2, -0.15) is 0 Å². The van der Waals surface area contributed by atoms with Crippen LogP contribution in [0.3, 0.4) is 0 Å². The molecule has 0 saturated carbocycles. The molecular formula is C23H28N4O3S. The molecule has 8 heteroatoms. The molecule has 1 atom stereocenters. The Morgan fingerprint density at radius 2 is 2.03 bits per heavy atom. The summed E-state index contributed by atoms with van der Waals surface area (Å²) >= 11 is 1.62. The molecule has 0 radical (unpaired) electrons. The van der Waals surface area contributed by atoms with Crippen LogP contribution in [-0.2, 0) is 21.5 Å². The van der Waals surface area contributed by atoms with Gasteiger partial charge in [0.25, 0.3) is 5.91 Å². The third-order valence-corrected chi connectivity index (χ3v) is 7.22. The lowest BCUT2D eigenvalue weighted by Gasteiger charge is -2.40.